The van der Waals surface area contributed by atoms with E-state index < -0.39 is 0 Å². The van der Waals surface area contributed by atoms with E-state index in [2.05, 4.69) is 50.5 Å². The van der Waals surface area contributed by atoms with Crippen molar-refractivity contribution in [1.82, 2.24) is 0 Å². The van der Waals surface area contributed by atoms with Crippen LogP contribution in [0.1, 0.15) is 72.1 Å². The number of hydrogen-bond acceptors (Lipinski definition) is 1. The van der Waals surface area contributed by atoms with Crippen molar-refractivity contribution in [3.8, 4) is 23.7 Å². The molecule has 0 radical (unpaired) electrons. The molecule has 0 aromatic carbocycles. The lowest BCUT2D eigenvalue weighted by atomic mass is 9.83. The number of aliphatic hydroxyl groups excluding tert-OH is 1. The van der Waals surface area contributed by atoms with Crippen molar-refractivity contribution in [2.24, 2.45) is 5.92 Å². The summed E-state index contributed by atoms with van der Waals surface area (Å²) in [5.41, 5.74) is 4.67. The maximum Gasteiger partial charge on any atom is 0.104 e. The first-order valence-electron chi connectivity index (χ1n) is 8.51. The molecule has 1 aliphatic carbocycles. The van der Waals surface area contributed by atoms with Crippen LogP contribution >= 0.6 is 0 Å². The highest BCUT2D eigenvalue weighted by molar-refractivity contribution is 5.28. The summed E-state index contributed by atoms with van der Waals surface area (Å²) < 4.78 is 0. The van der Waals surface area contributed by atoms with Crippen LogP contribution in [0.2, 0.25) is 0 Å². The second-order valence-electron chi connectivity index (χ2n) is 6.22. The van der Waals surface area contributed by atoms with E-state index in [9.17, 15) is 0 Å². The van der Waals surface area contributed by atoms with Gasteiger partial charge in [0.1, 0.15) is 6.61 Å². The van der Waals surface area contributed by atoms with Gasteiger partial charge >= 0.3 is 0 Å². The van der Waals surface area contributed by atoms with Crippen molar-refractivity contribution in [2.45, 2.75) is 72.1 Å². The molecule has 1 aliphatic rings. The van der Waals surface area contributed by atoms with Gasteiger partial charge in [0, 0.05) is 19.3 Å². The monoisotopic (exact) mass is 298 g/mol. The van der Waals surface area contributed by atoms with E-state index in [1.54, 1.807) is 11.1 Å². The van der Waals surface area contributed by atoms with Gasteiger partial charge in [0.25, 0.3) is 0 Å². The molecule has 0 saturated carbocycles. The molecule has 1 atom stereocenters. The fraction of sp³-hybridized carbons (Fsp3) is 0.619. The van der Waals surface area contributed by atoms with Gasteiger partial charge in [-0.25, -0.2) is 0 Å². The van der Waals surface area contributed by atoms with Crippen molar-refractivity contribution in [1.29, 1.82) is 0 Å². The van der Waals surface area contributed by atoms with Crippen LogP contribution in [-0.2, 0) is 0 Å². The molecule has 0 amide bonds. The molecule has 0 aliphatic heterocycles. The fourth-order valence-corrected chi connectivity index (χ4v) is 2.87. The number of hydrogen-bond donors (Lipinski definition) is 1. The third kappa shape index (κ3) is 7.53. The molecule has 22 heavy (non-hydrogen) atoms. The van der Waals surface area contributed by atoms with Gasteiger partial charge in [-0.15, -0.1) is 17.8 Å². The minimum atomic E-state index is -0.0322. The molecule has 1 heteroatoms. The lowest BCUT2D eigenvalue weighted by Gasteiger charge is -2.23. The van der Waals surface area contributed by atoms with Crippen molar-refractivity contribution in [2.75, 3.05) is 6.61 Å². The molecule has 1 rings (SSSR count). The summed E-state index contributed by atoms with van der Waals surface area (Å²) in [6.07, 6.45) is 11.1. The quantitative estimate of drug-likeness (QED) is 0.415. The summed E-state index contributed by atoms with van der Waals surface area (Å²) >= 11 is 0. The molecule has 0 fully saturated rings. The Morgan fingerprint density at radius 3 is 2.27 bits per heavy atom. The fourth-order valence-electron chi connectivity index (χ4n) is 2.87. The number of allylic oxidation sites excluding steroid dienone is 4. The summed E-state index contributed by atoms with van der Waals surface area (Å²) in [4.78, 5) is 0. The maximum atomic E-state index is 8.52. The minimum absolute atomic E-state index is 0.0322. The Bertz CT molecular complexity index is 514. The molecular weight excluding hydrogens is 268 g/mol. The third-order valence-corrected chi connectivity index (χ3v) is 4.26. The highest BCUT2D eigenvalue weighted by Gasteiger charge is 2.15. The first-order chi connectivity index (χ1) is 10.6. The molecule has 0 spiro atoms. The zero-order valence-electron chi connectivity index (χ0n) is 14.5. The number of unbranched alkanes of at least 4 members (excludes halogenated alkanes) is 4. The highest BCUT2D eigenvalue weighted by Crippen LogP contribution is 2.31. The molecule has 0 heterocycles. The maximum absolute atomic E-state index is 8.52. The van der Waals surface area contributed by atoms with E-state index >= 15 is 0 Å². The average molecular weight is 298 g/mol. The number of aliphatic hydroxyl groups is 1. The smallest absolute Gasteiger partial charge is 0.104 e. The highest BCUT2D eigenvalue weighted by atomic mass is 16.2. The van der Waals surface area contributed by atoms with Crippen LogP contribution in [-0.4, -0.2) is 11.7 Å². The van der Waals surface area contributed by atoms with Gasteiger partial charge in [-0.1, -0.05) is 35.1 Å². The molecule has 1 unspecified atom stereocenters. The van der Waals surface area contributed by atoms with Crippen LogP contribution in [0, 0.1) is 29.6 Å². The number of rotatable bonds is 6. The van der Waals surface area contributed by atoms with Gasteiger partial charge in [-0.3, -0.25) is 0 Å². The van der Waals surface area contributed by atoms with Crippen LogP contribution in [0.5, 0.6) is 0 Å². The molecule has 0 bridgehead atoms. The molecule has 1 nitrogen and oxygen atoms in total. The summed E-state index contributed by atoms with van der Waals surface area (Å²) in [6.45, 7) is 6.78. The lowest BCUT2D eigenvalue weighted by molar-refractivity contribution is 0.350. The van der Waals surface area contributed by atoms with E-state index in [0.717, 1.165) is 32.1 Å². The van der Waals surface area contributed by atoms with Crippen LogP contribution in [0.4, 0.5) is 0 Å². The van der Waals surface area contributed by atoms with Crippen LogP contribution < -0.4 is 0 Å². The molecule has 0 aromatic rings. The minimum Gasteiger partial charge on any atom is -0.384 e. The Morgan fingerprint density at radius 1 is 0.955 bits per heavy atom. The Morgan fingerprint density at radius 2 is 1.59 bits per heavy atom. The average Bonchev–Trinajstić information content (AvgIpc) is 2.49. The predicted octanol–water partition coefficient (Wildman–Crippen LogP) is 5.02. The van der Waals surface area contributed by atoms with Crippen molar-refractivity contribution in [3.05, 3.63) is 22.8 Å². The van der Waals surface area contributed by atoms with Crippen molar-refractivity contribution < 1.29 is 5.11 Å². The summed E-state index contributed by atoms with van der Waals surface area (Å²) in [5.74, 6) is 12.7. The van der Waals surface area contributed by atoms with Crippen LogP contribution in [0.25, 0.3) is 0 Å². The Hall–Kier alpha value is -1.44. The second kappa shape index (κ2) is 11.2. The summed E-state index contributed by atoms with van der Waals surface area (Å²) in [5, 5.41) is 8.52. The van der Waals surface area contributed by atoms with Gasteiger partial charge in [-0.2, -0.15) is 0 Å². The van der Waals surface area contributed by atoms with Crippen molar-refractivity contribution >= 4 is 0 Å². The van der Waals surface area contributed by atoms with Gasteiger partial charge < -0.3 is 5.11 Å². The van der Waals surface area contributed by atoms with Crippen LogP contribution in [0.3, 0.4) is 0 Å². The zero-order valence-corrected chi connectivity index (χ0v) is 14.5. The van der Waals surface area contributed by atoms with Gasteiger partial charge in [0.05, 0.1) is 0 Å². The standard InChI is InChI=1S/C21H30O/c1-18-16-19(2)20(3)21(17-18)14-12-10-8-6-4-5-7-9-11-13-15-22/h17,21-22H,5,7-10,12,14-16H2,1-3H3. The Kier molecular flexibility index (Phi) is 9.45. The Labute approximate surface area is 136 Å². The summed E-state index contributed by atoms with van der Waals surface area (Å²) in [7, 11) is 0. The Balaban J connectivity index is 2.12. The van der Waals surface area contributed by atoms with Crippen molar-refractivity contribution in [3.63, 3.8) is 0 Å². The first kappa shape index (κ1) is 18.6. The largest absolute Gasteiger partial charge is 0.384 e. The summed E-state index contributed by atoms with van der Waals surface area (Å²) in [6, 6.07) is 0. The van der Waals surface area contributed by atoms with Gasteiger partial charge in [0.2, 0.25) is 0 Å². The topological polar surface area (TPSA) is 20.2 Å². The predicted molar refractivity (Wildman–Crippen MR) is 95.2 cm³/mol. The SMILES string of the molecule is CC1=CC(CCCCC#CCCCC#CCO)C(C)=C(C)C1. The zero-order chi connectivity index (χ0) is 16.2. The van der Waals surface area contributed by atoms with E-state index in [1.165, 1.54) is 24.8 Å². The van der Waals surface area contributed by atoms with E-state index in [0.29, 0.717) is 5.92 Å². The lowest BCUT2D eigenvalue weighted by Crippen LogP contribution is -2.07. The first-order valence-corrected chi connectivity index (χ1v) is 8.51. The third-order valence-electron chi connectivity index (χ3n) is 4.26. The van der Waals surface area contributed by atoms with Crippen LogP contribution in [0.15, 0.2) is 22.8 Å². The molecule has 0 aromatic heterocycles. The van der Waals surface area contributed by atoms with E-state index in [4.69, 9.17) is 5.11 Å². The normalized spacial score (nSPS) is 17.3. The molecular formula is C21H30O. The second-order valence-corrected chi connectivity index (χ2v) is 6.22. The molecule has 1 N–H and O–H groups in total. The van der Waals surface area contributed by atoms with Gasteiger partial charge in [-0.05, 0) is 52.4 Å². The van der Waals surface area contributed by atoms with E-state index in [1.807, 2.05) is 0 Å². The molecule has 0 saturated heterocycles. The van der Waals surface area contributed by atoms with E-state index in [-0.39, 0.29) is 6.61 Å². The molecule has 120 valence electrons. The van der Waals surface area contributed by atoms with Gasteiger partial charge in [0.15, 0.2) is 0 Å².